The van der Waals surface area contributed by atoms with Crippen molar-refractivity contribution in [1.29, 1.82) is 5.26 Å². The lowest BCUT2D eigenvalue weighted by molar-refractivity contribution is 0.0254. The standard InChI is InChI=1S/C28H23N3O4S/c1-2-6-20-15-25-26(19-31(28(25)30-18-20)36(32,33)24-7-4-3-5-8-24)21-9-10-27(22(16-21)17-29)35-23-11-13-34-14-12-23/h3-5,7-10,15-16,18-19,23H,11-14H2,1H3. The molecular weight excluding hydrogens is 474 g/mol. The fourth-order valence-electron chi connectivity index (χ4n) is 4.27. The normalized spacial score (nSPS) is 14.1. The molecule has 0 amide bonds. The Hall–Kier alpha value is -4.11. The maximum absolute atomic E-state index is 13.5. The zero-order valence-electron chi connectivity index (χ0n) is 19.6. The first-order valence-corrected chi connectivity index (χ1v) is 13.0. The molecule has 0 saturated carbocycles. The molecule has 1 aliphatic rings. The minimum atomic E-state index is -3.90. The first-order valence-electron chi connectivity index (χ1n) is 11.5. The molecule has 0 bridgehead atoms. The highest BCUT2D eigenvalue weighted by molar-refractivity contribution is 7.90. The van der Waals surface area contributed by atoms with E-state index in [0.29, 0.717) is 46.6 Å². The van der Waals surface area contributed by atoms with Gasteiger partial charge in [0.25, 0.3) is 10.0 Å². The molecule has 2 aromatic heterocycles. The molecule has 1 aliphatic heterocycles. The molecule has 0 N–H and O–H groups in total. The van der Waals surface area contributed by atoms with Gasteiger partial charge < -0.3 is 9.47 Å². The maximum atomic E-state index is 13.5. The largest absolute Gasteiger partial charge is 0.489 e. The van der Waals surface area contributed by atoms with Gasteiger partial charge in [0.2, 0.25) is 0 Å². The van der Waals surface area contributed by atoms with Crippen molar-refractivity contribution in [3.05, 3.63) is 78.1 Å². The Bertz CT molecular complexity index is 1640. The van der Waals surface area contributed by atoms with Crippen molar-refractivity contribution < 1.29 is 17.9 Å². The molecule has 0 aliphatic carbocycles. The van der Waals surface area contributed by atoms with Crippen molar-refractivity contribution in [2.24, 2.45) is 0 Å². The van der Waals surface area contributed by atoms with Crippen molar-refractivity contribution in [2.45, 2.75) is 30.8 Å². The van der Waals surface area contributed by atoms with Gasteiger partial charge in [-0.3, -0.25) is 0 Å². The van der Waals surface area contributed by atoms with Gasteiger partial charge in [0.1, 0.15) is 17.9 Å². The highest BCUT2D eigenvalue weighted by Crippen LogP contribution is 2.35. The molecule has 1 saturated heterocycles. The lowest BCUT2D eigenvalue weighted by atomic mass is 10.0. The summed E-state index contributed by atoms with van der Waals surface area (Å²) in [6, 6.07) is 17.6. The SMILES string of the molecule is CC#Cc1cnc2c(c1)c(-c1ccc(OC3CCOCC3)c(C#N)c1)cn2S(=O)(=O)c1ccccc1. The van der Waals surface area contributed by atoms with Crippen molar-refractivity contribution in [2.75, 3.05) is 13.2 Å². The van der Waals surface area contributed by atoms with E-state index >= 15 is 0 Å². The van der Waals surface area contributed by atoms with Crippen molar-refractivity contribution in [1.82, 2.24) is 8.96 Å². The number of hydrogen-bond donors (Lipinski definition) is 0. The van der Waals surface area contributed by atoms with Gasteiger partial charge in [-0.05, 0) is 42.8 Å². The average Bonchev–Trinajstić information content (AvgIpc) is 3.30. The zero-order valence-corrected chi connectivity index (χ0v) is 20.5. The van der Waals surface area contributed by atoms with Gasteiger partial charge in [-0.25, -0.2) is 17.4 Å². The second kappa shape index (κ2) is 9.87. The van der Waals surface area contributed by atoms with Gasteiger partial charge in [0.15, 0.2) is 5.65 Å². The third-order valence-electron chi connectivity index (χ3n) is 6.05. The van der Waals surface area contributed by atoms with E-state index in [4.69, 9.17) is 9.47 Å². The molecule has 0 atom stereocenters. The summed E-state index contributed by atoms with van der Waals surface area (Å²) in [4.78, 5) is 4.61. The number of benzene rings is 2. The smallest absolute Gasteiger partial charge is 0.269 e. The van der Waals surface area contributed by atoms with Crippen LogP contribution in [0.5, 0.6) is 5.75 Å². The molecule has 5 rings (SSSR count). The highest BCUT2D eigenvalue weighted by atomic mass is 32.2. The van der Waals surface area contributed by atoms with Crippen LogP contribution in [0.3, 0.4) is 0 Å². The summed E-state index contributed by atoms with van der Waals surface area (Å²) >= 11 is 0. The Morgan fingerprint density at radius 1 is 1.11 bits per heavy atom. The van der Waals surface area contributed by atoms with Crippen molar-refractivity contribution in [3.63, 3.8) is 0 Å². The van der Waals surface area contributed by atoms with Crippen LogP contribution in [0.2, 0.25) is 0 Å². The van der Waals surface area contributed by atoms with Crippen LogP contribution >= 0.6 is 0 Å². The van der Waals surface area contributed by atoms with E-state index in [1.54, 1.807) is 61.8 Å². The van der Waals surface area contributed by atoms with Crippen LogP contribution in [0.4, 0.5) is 0 Å². The number of ether oxygens (including phenoxy) is 2. The van der Waals surface area contributed by atoms with Gasteiger partial charge >= 0.3 is 0 Å². The fourth-order valence-corrected chi connectivity index (χ4v) is 5.62. The highest BCUT2D eigenvalue weighted by Gasteiger charge is 2.24. The summed E-state index contributed by atoms with van der Waals surface area (Å²) in [5.41, 5.74) is 2.65. The molecule has 36 heavy (non-hydrogen) atoms. The van der Waals surface area contributed by atoms with Crippen molar-refractivity contribution >= 4 is 21.1 Å². The number of nitriles is 1. The molecule has 180 valence electrons. The second-order valence-electron chi connectivity index (χ2n) is 8.38. The Morgan fingerprint density at radius 2 is 1.89 bits per heavy atom. The van der Waals surface area contributed by atoms with Gasteiger partial charge in [-0.2, -0.15) is 5.26 Å². The predicted octanol–water partition coefficient (Wildman–Crippen LogP) is 4.74. The van der Waals surface area contributed by atoms with Crippen LogP contribution in [-0.4, -0.2) is 36.7 Å². The summed E-state index contributed by atoms with van der Waals surface area (Å²) < 4.78 is 39.7. The lowest BCUT2D eigenvalue weighted by Gasteiger charge is -2.23. The molecular formula is C28H23N3O4S. The van der Waals surface area contributed by atoms with Crippen LogP contribution < -0.4 is 4.74 Å². The van der Waals surface area contributed by atoms with E-state index < -0.39 is 10.0 Å². The quantitative estimate of drug-likeness (QED) is 0.370. The number of fused-ring (bicyclic) bond motifs is 1. The lowest BCUT2D eigenvalue weighted by Crippen LogP contribution is -2.26. The number of aromatic nitrogens is 2. The van der Waals surface area contributed by atoms with Gasteiger partial charge in [0, 0.05) is 41.7 Å². The second-order valence-corrected chi connectivity index (χ2v) is 10.2. The summed E-state index contributed by atoms with van der Waals surface area (Å²) in [6.07, 6.45) is 4.65. The third kappa shape index (κ3) is 4.45. The molecule has 1 fully saturated rings. The van der Waals surface area contributed by atoms with E-state index in [0.717, 1.165) is 12.8 Å². The van der Waals surface area contributed by atoms with Gasteiger partial charge in [0.05, 0.1) is 23.7 Å². The zero-order chi connectivity index (χ0) is 25.1. The van der Waals surface area contributed by atoms with E-state index in [1.807, 2.05) is 12.1 Å². The van der Waals surface area contributed by atoms with Crippen LogP contribution in [0.15, 0.2) is 71.9 Å². The van der Waals surface area contributed by atoms with Crippen LogP contribution in [-0.2, 0) is 14.8 Å². The topological polar surface area (TPSA) is 94.2 Å². The van der Waals surface area contributed by atoms with E-state index in [9.17, 15) is 13.7 Å². The summed E-state index contributed by atoms with van der Waals surface area (Å²) in [5, 5.41) is 10.5. The molecule has 0 unspecified atom stereocenters. The van der Waals surface area contributed by atoms with E-state index in [-0.39, 0.29) is 16.6 Å². The van der Waals surface area contributed by atoms with Crippen molar-refractivity contribution in [3.8, 4) is 34.8 Å². The summed E-state index contributed by atoms with van der Waals surface area (Å²) in [7, 11) is -3.90. The number of pyridine rings is 1. The Morgan fingerprint density at radius 3 is 2.61 bits per heavy atom. The number of nitrogens with zero attached hydrogens (tertiary/aromatic N) is 3. The Kier molecular flexibility index (Phi) is 6.47. The average molecular weight is 498 g/mol. The van der Waals surface area contributed by atoms with Gasteiger partial charge in [-0.15, -0.1) is 5.92 Å². The summed E-state index contributed by atoms with van der Waals surface area (Å²) in [5.74, 6) is 6.34. The summed E-state index contributed by atoms with van der Waals surface area (Å²) in [6.45, 7) is 3.00. The molecule has 7 nitrogen and oxygen atoms in total. The number of hydrogen-bond acceptors (Lipinski definition) is 6. The minimum Gasteiger partial charge on any atom is -0.489 e. The van der Waals surface area contributed by atoms with Crippen LogP contribution in [0.25, 0.3) is 22.2 Å². The fraction of sp³-hybridized carbons (Fsp3) is 0.214. The molecule has 0 radical (unpaired) electrons. The Balaban J connectivity index is 1.65. The molecule has 2 aromatic carbocycles. The van der Waals surface area contributed by atoms with E-state index in [2.05, 4.69) is 22.9 Å². The molecule has 4 aromatic rings. The minimum absolute atomic E-state index is 0.00555. The molecule has 0 spiro atoms. The first kappa shape index (κ1) is 23.6. The molecule has 3 heterocycles. The number of rotatable bonds is 5. The third-order valence-corrected chi connectivity index (χ3v) is 7.72. The maximum Gasteiger partial charge on any atom is 0.269 e. The first-order chi connectivity index (χ1) is 17.5. The predicted molar refractivity (Wildman–Crippen MR) is 136 cm³/mol. The monoisotopic (exact) mass is 497 g/mol. The Labute approximate surface area is 210 Å². The van der Waals surface area contributed by atoms with Crippen LogP contribution in [0.1, 0.15) is 30.9 Å². The van der Waals surface area contributed by atoms with Crippen LogP contribution in [0, 0.1) is 23.2 Å². The van der Waals surface area contributed by atoms with Gasteiger partial charge in [-0.1, -0.05) is 30.2 Å². The van der Waals surface area contributed by atoms with E-state index in [1.165, 1.54) is 3.97 Å². The molecule has 8 heteroatoms.